The normalized spacial score (nSPS) is 10.7. The van der Waals surface area contributed by atoms with Gasteiger partial charge in [0, 0.05) is 17.8 Å². The number of rotatable bonds is 5. The molecule has 4 nitrogen and oxygen atoms in total. The van der Waals surface area contributed by atoms with Gasteiger partial charge in [0.25, 0.3) is 0 Å². The number of thiophene rings is 1. The molecule has 0 saturated carbocycles. The molecule has 0 aliphatic carbocycles. The zero-order valence-corrected chi connectivity index (χ0v) is 11.7. The van der Waals surface area contributed by atoms with E-state index in [0.717, 1.165) is 22.5 Å². The van der Waals surface area contributed by atoms with Gasteiger partial charge in [0.2, 0.25) is 0 Å². The van der Waals surface area contributed by atoms with Gasteiger partial charge in [-0.25, -0.2) is 0 Å². The molecule has 3 aromatic rings. The van der Waals surface area contributed by atoms with Crippen LogP contribution in [0, 0.1) is 0 Å². The van der Waals surface area contributed by atoms with Crippen molar-refractivity contribution in [2.75, 3.05) is 5.32 Å². The van der Waals surface area contributed by atoms with Crippen molar-refractivity contribution in [3.8, 4) is 10.6 Å². The fourth-order valence-electron chi connectivity index (χ4n) is 2.06. The Hall–Kier alpha value is -2.11. The lowest BCUT2D eigenvalue weighted by Gasteiger charge is -2.07. The van der Waals surface area contributed by atoms with E-state index in [2.05, 4.69) is 27.0 Å². The maximum absolute atomic E-state index is 9.14. The minimum atomic E-state index is 0.0572. The Morgan fingerprint density at radius 1 is 1.25 bits per heavy atom. The Labute approximate surface area is 121 Å². The van der Waals surface area contributed by atoms with E-state index in [-0.39, 0.29) is 6.61 Å². The van der Waals surface area contributed by atoms with Crippen LogP contribution >= 0.6 is 11.3 Å². The van der Waals surface area contributed by atoms with E-state index in [1.54, 1.807) is 11.3 Å². The summed E-state index contributed by atoms with van der Waals surface area (Å²) in [7, 11) is 0. The molecule has 0 fully saturated rings. The molecule has 20 heavy (non-hydrogen) atoms. The van der Waals surface area contributed by atoms with E-state index in [9.17, 15) is 0 Å². The third-order valence-corrected chi connectivity index (χ3v) is 3.97. The summed E-state index contributed by atoms with van der Waals surface area (Å²) in [6, 6.07) is 11.9. The Balaban J connectivity index is 1.74. The Morgan fingerprint density at radius 3 is 3.00 bits per heavy atom. The maximum Gasteiger partial charge on any atom is 0.0799 e. The second-order valence-electron chi connectivity index (χ2n) is 4.46. The van der Waals surface area contributed by atoms with Crippen LogP contribution in [0.1, 0.15) is 11.1 Å². The van der Waals surface area contributed by atoms with Crippen LogP contribution in [0.3, 0.4) is 0 Å². The average molecular weight is 285 g/mol. The lowest BCUT2D eigenvalue weighted by atomic mass is 10.2. The molecule has 0 aliphatic rings. The van der Waals surface area contributed by atoms with Crippen LogP contribution < -0.4 is 5.32 Å². The van der Waals surface area contributed by atoms with Crippen molar-refractivity contribution < 1.29 is 5.11 Å². The molecule has 0 spiro atoms. The third-order valence-electron chi connectivity index (χ3n) is 3.08. The van der Waals surface area contributed by atoms with Crippen LogP contribution in [-0.4, -0.2) is 15.3 Å². The molecule has 0 bridgehead atoms. The fourth-order valence-corrected chi connectivity index (χ4v) is 2.81. The number of aromatic amines is 1. The van der Waals surface area contributed by atoms with Crippen LogP contribution in [-0.2, 0) is 13.2 Å². The number of benzene rings is 1. The number of hydrogen-bond acceptors (Lipinski definition) is 4. The minimum Gasteiger partial charge on any atom is -0.392 e. The zero-order chi connectivity index (χ0) is 13.8. The molecule has 1 aromatic carbocycles. The number of hydrogen-bond donors (Lipinski definition) is 3. The summed E-state index contributed by atoms with van der Waals surface area (Å²) in [6.07, 6.45) is 1.85. The van der Waals surface area contributed by atoms with E-state index in [4.69, 9.17) is 5.11 Å². The summed E-state index contributed by atoms with van der Waals surface area (Å²) < 4.78 is 0. The van der Waals surface area contributed by atoms with E-state index in [1.165, 1.54) is 4.88 Å². The van der Waals surface area contributed by atoms with Gasteiger partial charge in [-0.1, -0.05) is 18.2 Å². The zero-order valence-electron chi connectivity index (χ0n) is 10.8. The van der Waals surface area contributed by atoms with Crippen molar-refractivity contribution in [3.63, 3.8) is 0 Å². The van der Waals surface area contributed by atoms with E-state index in [1.807, 2.05) is 36.5 Å². The van der Waals surface area contributed by atoms with Gasteiger partial charge in [0.1, 0.15) is 0 Å². The fraction of sp³-hybridized carbons (Fsp3) is 0.133. The SMILES string of the molecule is OCc1cccc(NCc2cn[nH]c2-c2cccs2)c1. The summed E-state index contributed by atoms with van der Waals surface area (Å²) in [6.45, 7) is 0.750. The van der Waals surface area contributed by atoms with Gasteiger partial charge in [-0.2, -0.15) is 5.10 Å². The molecule has 0 atom stereocenters. The summed E-state index contributed by atoms with van der Waals surface area (Å²) in [5, 5.41) is 21.7. The molecule has 0 aliphatic heterocycles. The first-order chi connectivity index (χ1) is 9.86. The van der Waals surface area contributed by atoms with Crippen LogP contribution in [0.4, 0.5) is 5.69 Å². The van der Waals surface area contributed by atoms with E-state index in [0.29, 0.717) is 6.54 Å². The first-order valence-electron chi connectivity index (χ1n) is 6.36. The number of aliphatic hydroxyl groups excluding tert-OH is 1. The molecule has 5 heteroatoms. The summed E-state index contributed by atoms with van der Waals surface area (Å²) in [5.41, 5.74) is 4.09. The van der Waals surface area contributed by atoms with Crippen molar-refractivity contribution in [2.24, 2.45) is 0 Å². The topological polar surface area (TPSA) is 60.9 Å². The van der Waals surface area contributed by atoms with Gasteiger partial charge < -0.3 is 10.4 Å². The van der Waals surface area contributed by atoms with Crippen LogP contribution in [0.25, 0.3) is 10.6 Å². The molecule has 3 N–H and O–H groups in total. The van der Waals surface area contributed by atoms with Crippen LogP contribution in [0.15, 0.2) is 48.0 Å². The Bertz CT molecular complexity index is 676. The number of anilines is 1. The summed E-state index contributed by atoms with van der Waals surface area (Å²) in [4.78, 5) is 1.18. The quantitative estimate of drug-likeness (QED) is 0.674. The third kappa shape index (κ3) is 2.74. The van der Waals surface area contributed by atoms with Gasteiger partial charge in [-0.3, -0.25) is 5.10 Å². The largest absolute Gasteiger partial charge is 0.392 e. The van der Waals surface area contributed by atoms with Gasteiger partial charge >= 0.3 is 0 Å². The van der Waals surface area contributed by atoms with E-state index >= 15 is 0 Å². The van der Waals surface area contributed by atoms with Crippen molar-refractivity contribution in [2.45, 2.75) is 13.2 Å². The molecule has 0 saturated heterocycles. The minimum absolute atomic E-state index is 0.0572. The Kier molecular flexibility index (Phi) is 3.80. The molecule has 0 radical (unpaired) electrons. The van der Waals surface area contributed by atoms with Gasteiger partial charge in [0.15, 0.2) is 0 Å². The maximum atomic E-state index is 9.14. The predicted octanol–water partition coefficient (Wildman–Crippen LogP) is 3.24. The molecule has 0 unspecified atom stereocenters. The van der Waals surface area contributed by atoms with Gasteiger partial charge in [-0.15, -0.1) is 11.3 Å². The van der Waals surface area contributed by atoms with Crippen LogP contribution in [0.5, 0.6) is 0 Å². The number of aromatic nitrogens is 2. The van der Waals surface area contributed by atoms with Crippen molar-refractivity contribution in [1.29, 1.82) is 0 Å². The highest BCUT2D eigenvalue weighted by molar-refractivity contribution is 7.13. The predicted molar refractivity (Wildman–Crippen MR) is 81.6 cm³/mol. The van der Waals surface area contributed by atoms with E-state index < -0.39 is 0 Å². The average Bonchev–Trinajstić information content (AvgIpc) is 3.16. The molecular weight excluding hydrogens is 270 g/mol. The first kappa shape index (κ1) is 12.9. The lowest BCUT2D eigenvalue weighted by molar-refractivity contribution is 0.282. The summed E-state index contributed by atoms with van der Waals surface area (Å²) >= 11 is 1.69. The highest BCUT2D eigenvalue weighted by Crippen LogP contribution is 2.26. The van der Waals surface area contributed by atoms with Crippen molar-refractivity contribution >= 4 is 17.0 Å². The standard InChI is InChI=1S/C15H15N3OS/c19-10-11-3-1-4-13(7-11)16-8-12-9-17-18-15(12)14-5-2-6-20-14/h1-7,9,16,19H,8,10H2,(H,17,18). The number of aliphatic hydroxyl groups is 1. The molecular formula is C15H15N3OS. The smallest absolute Gasteiger partial charge is 0.0799 e. The van der Waals surface area contributed by atoms with Crippen molar-refractivity contribution in [3.05, 3.63) is 59.1 Å². The van der Waals surface area contributed by atoms with Gasteiger partial charge in [-0.05, 0) is 29.1 Å². The molecule has 2 aromatic heterocycles. The molecule has 102 valence electrons. The molecule has 3 rings (SSSR count). The lowest BCUT2D eigenvalue weighted by Crippen LogP contribution is -2.00. The highest BCUT2D eigenvalue weighted by Gasteiger charge is 2.08. The molecule has 0 amide bonds. The van der Waals surface area contributed by atoms with Crippen molar-refractivity contribution in [1.82, 2.24) is 10.2 Å². The first-order valence-corrected chi connectivity index (χ1v) is 7.24. The van der Waals surface area contributed by atoms with Crippen LogP contribution in [0.2, 0.25) is 0 Å². The Morgan fingerprint density at radius 2 is 2.20 bits per heavy atom. The second kappa shape index (κ2) is 5.90. The highest BCUT2D eigenvalue weighted by atomic mass is 32.1. The molecule has 2 heterocycles. The number of nitrogens with one attached hydrogen (secondary N) is 2. The summed E-state index contributed by atoms with van der Waals surface area (Å²) in [5.74, 6) is 0. The number of H-pyrrole nitrogens is 1. The second-order valence-corrected chi connectivity index (χ2v) is 5.41. The van der Waals surface area contributed by atoms with Gasteiger partial charge in [0.05, 0.1) is 23.4 Å². The number of nitrogens with zero attached hydrogens (tertiary/aromatic N) is 1. The monoisotopic (exact) mass is 285 g/mol.